The number of benzene rings is 1. The van der Waals surface area contributed by atoms with Gasteiger partial charge in [-0.15, -0.1) is 0 Å². The van der Waals surface area contributed by atoms with E-state index >= 15 is 0 Å². The van der Waals surface area contributed by atoms with E-state index in [1.807, 2.05) is 6.07 Å². The molecule has 1 aromatic carbocycles. The number of fused-ring (bicyclic) bond motifs is 2. The largest absolute Gasteiger partial charge is 0.472 e. The first-order chi connectivity index (χ1) is 26.0. The van der Waals surface area contributed by atoms with Gasteiger partial charge in [-0.3, -0.25) is 9.05 Å². The number of rotatable bonds is 24. The zero-order valence-corrected chi connectivity index (χ0v) is 31.7. The van der Waals surface area contributed by atoms with Gasteiger partial charge in [-0.2, -0.15) is 15.6 Å². The predicted molar refractivity (Wildman–Crippen MR) is 196 cm³/mol. The van der Waals surface area contributed by atoms with Gasteiger partial charge in [0.1, 0.15) is 35.9 Å². The SMILES string of the molecule is CCCCCCCCCCCCCCCC[C@@H](COP(=O)(O)OC1[C@@]2(C#N)O[C@@H](c3ccc4c(N)ncnn34)[C@H](O)[C@@]12O)OCc1cc(F)cc(C#N)c1. The topological polar surface area (TPSA) is 218 Å². The summed E-state index contributed by atoms with van der Waals surface area (Å²) < 4.78 is 51.1. The summed E-state index contributed by atoms with van der Waals surface area (Å²) in [4.78, 5) is 14.6. The second-order valence-electron chi connectivity index (χ2n) is 14.4. The van der Waals surface area contributed by atoms with Crippen LogP contribution in [0.25, 0.3) is 5.52 Å². The molecule has 3 aromatic rings. The molecule has 0 radical (unpaired) electrons. The van der Waals surface area contributed by atoms with E-state index < -0.39 is 55.9 Å². The number of nitrogens with zero attached hydrogens (tertiary/aromatic N) is 5. The molecule has 2 fully saturated rings. The van der Waals surface area contributed by atoms with Gasteiger partial charge in [0.2, 0.25) is 5.60 Å². The number of hydrogen-bond acceptors (Lipinski definition) is 12. The van der Waals surface area contributed by atoms with Crippen LogP contribution in [0.1, 0.15) is 126 Å². The number of halogens is 1. The molecule has 294 valence electrons. The summed E-state index contributed by atoms with van der Waals surface area (Å²) in [7, 11) is -4.96. The highest BCUT2D eigenvalue weighted by atomic mass is 31.2. The molecule has 0 spiro atoms. The first kappa shape index (κ1) is 41.7. The molecule has 0 amide bonds. The molecule has 3 heterocycles. The van der Waals surface area contributed by atoms with E-state index in [-0.39, 0.29) is 23.7 Å². The van der Waals surface area contributed by atoms with Crippen molar-refractivity contribution in [3.8, 4) is 12.1 Å². The average Bonchev–Trinajstić information content (AvgIpc) is 3.38. The van der Waals surface area contributed by atoms with E-state index in [2.05, 4.69) is 17.0 Å². The number of aliphatic hydroxyl groups is 2. The van der Waals surface area contributed by atoms with Crippen molar-refractivity contribution >= 4 is 19.2 Å². The van der Waals surface area contributed by atoms with E-state index in [4.69, 9.17) is 24.3 Å². The van der Waals surface area contributed by atoms with Gasteiger partial charge in [-0.1, -0.05) is 96.8 Å². The van der Waals surface area contributed by atoms with E-state index in [9.17, 15) is 34.6 Å². The summed E-state index contributed by atoms with van der Waals surface area (Å²) in [6.07, 6.45) is 12.8. The summed E-state index contributed by atoms with van der Waals surface area (Å²) >= 11 is 0. The second kappa shape index (κ2) is 18.9. The quantitative estimate of drug-likeness (QED) is 0.0550. The van der Waals surface area contributed by atoms with Crippen molar-refractivity contribution in [3.63, 3.8) is 0 Å². The Morgan fingerprint density at radius 2 is 1.69 bits per heavy atom. The van der Waals surface area contributed by atoms with Gasteiger partial charge >= 0.3 is 7.82 Å². The summed E-state index contributed by atoms with van der Waals surface area (Å²) in [5.41, 5.74) is 2.59. The Morgan fingerprint density at radius 1 is 1.04 bits per heavy atom. The molecule has 1 saturated heterocycles. The van der Waals surface area contributed by atoms with E-state index in [0.717, 1.165) is 31.7 Å². The van der Waals surface area contributed by atoms with Gasteiger partial charge in [0, 0.05) is 0 Å². The molecule has 2 aromatic heterocycles. The van der Waals surface area contributed by atoms with Gasteiger partial charge in [0.25, 0.3) is 0 Å². The molecule has 2 aliphatic rings. The Morgan fingerprint density at radius 3 is 2.30 bits per heavy atom. The first-order valence-corrected chi connectivity index (χ1v) is 20.5. The van der Waals surface area contributed by atoms with Crippen molar-refractivity contribution in [2.75, 3.05) is 12.3 Å². The molecule has 16 heteroatoms. The molecule has 7 atom stereocenters. The highest BCUT2D eigenvalue weighted by molar-refractivity contribution is 7.47. The van der Waals surface area contributed by atoms with E-state index in [1.54, 1.807) is 18.2 Å². The van der Waals surface area contributed by atoms with Crippen molar-refractivity contribution in [3.05, 3.63) is 59.3 Å². The van der Waals surface area contributed by atoms with Crippen LogP contribution in [0.4, 0.5) is 10.2 Å². The Labute approximate surface area is 315 Å². The van der Waals surface area contributed by atoms with Crippen LogP contribution in [0.15, 0.2) is 36.7 Å². The minimum absolute atomic E-state index is 0.0814. The number of phosphoric ester groups is 1. The second-order valence-corrected chi connectivity index (χ2v) is 15.8. The van der Waals surface area contributed by atoms with Gasteiger partial charge in [-0.25, -0.2) is 18.5 Å². The Balaban J connectivity index is 1.12. The molecule has 54 heavy (non-hydrogen) atoms. The molecule has 1 aliphatic heterocycles. The molecule has 1 aliphatic carbocycles. The predicted octanol–water partition coefficient (Wildman–Crippen LogP) is 6.72. The zero-order valence-electron chi connectivity index (χ0n) is 30.8. The average molecular weight is 771 g/mol. The minimum atomic E-state index is -4.96. The number of anilines is 1. The van der Waals surface area contributed by atoms with Crippen LogP contribution in [0.5, 0.6) is 0 Å². The van der Waals surface area contributed by atoms with Crippen molar-refractivity contribution in [2.45, 2.75) is 145 Å². The maximum absolute atomic E-state index is 14.1. The number of nitrogen functional groups attached to an aromatic ring is 1. The van der Waals surface area contributed by atoms with Crippen LogP contribution >= 0.6 is 7.82 Å². The summed E-state index contributed by atoms with van der Waals surface area (Å²) in [6, 6.07) is 10.7. The fraction of sp³-hybridized carbons (Fsp3) is 0.632. The van der Waals surface area contributed by atoms with Crippen molar-refractivity contribution < 1.29 is 42.6 Å². The monoisotopic (exact) mass is 770 g/mol. The van der Waals surface area contributed by atoms with E-state index in [0.29, 0.717) is 17.5 Å². The lowest BCUT2D eigenvalue weighted by Crippen LogP contribution is -2.35. The summed E-state index contributed by atoms with van der Waals surface area (Å²) in [5, 5.41) is 45.9. The Kier molecular flexibility index (Phi) is 14.6. The third-order valence-corrected chi connectivity index (χ3v) is 11.4. The number of nitrogens with two attached hydrogens (primary N) is 1. The third kappa shape index (κ3) is 9.65. The highest BCUT2D eigenvalue weighted by Crippen LogP contribution is 2.68. The molecular weight excluding hydrogens is 718 g/mol. The fourth-order valence-corrected chi connectivity index (χ4v) is 8.31. The number of hydrogen-bond donors (Lipinski definition) is 4. The van der Waals surface area contributed by atoms with E-state index in [1.165, 1.54) is 87.2 Å². The summed E-state index contributed by atoms with van der Waals surface area (Å²) in [6.45, 7) is 1.75. The van der Waals surface area contributed by atoms with Gasteiger partial charge in [0.15, 0.2) is 17.5 Å². The lowest BCUT2D eigenvalue weighted by atomic mass is 10.0. The summed E-state index contributed by atoms with van der Waals surface area (Å²) in [5.74, 6) is -0.425. The molecule has 5 rings (SSSR count). The van der Waals surface area contributed by atoms with Crippen molar-refractivity contribution in [1.82, 2.24) is 14.6 Å². The van der Waals surface area contributed by atoms with Crippen LogP contribution in [0.2, 0.25) is 0 Å². The Bertz CT molecular complexity index is 1840. The lowest BCUT2D eigenvalue weighted by molar-refractivity contribution is -0.0769. The molecule has 0 bridgehead atoms. The molecule has 5 N–H and O–H groups in total. The van der Waals surface area contributed by atoms with Gasteiger partial charge < -0.3 is 30.3 Å². The van der Waals surface area contributed by atoms with Crippen LogP contribution in [0, 0.1) is 28.5 Å². The molecule has 2 unspecified atom stereocenters. The van der Waals surface area contributed by atoms with Gasteiger partial charge in [0.05, 0.1) is 36.6 Å². The van der Waals surface area contributed by atoms with Crippen LogP contribution in [0.3, 0.4) is 0 Å². The highest BCUT2D eigenvalue weighted by Gasteiger charge is 2.90. The third-order valence-electron chi connectivity index (χ3n) is 10.4. The normalized spacial score (nSPS) is 24.8. The fourth-order valence-electron chi connectivity index (χ4n) is 7.32. The smallest absolute Gasteiger partial charge is 0.387 e. The molecule has 1 saturated carbocycles. The number of aromatic nitrogens is 3. The van der Waals surface area contributed by atoms with Gasteiger partial charge in [-0.05, 0) is 42.3 Å². The van der Waals surface area contributed by atoms with Crippen molar-refractivity contribution in [2.24, 2.45) is 0 Å². The number of phosphoric acid groups is 1. The van der Waals surface area contributed by atoms with Crippen molar-refractivity contribution in [1.29, 1.82) is 10.5 Å². The number of aliphatic hydroxyl groups excluding tert-OH is 1. The molecular formula is C38H52FN6O8P. The lowest BCUT2D eigenvalue weighted by Gasteiger charge is -2.24. The standard InChI is InChI=1S/C38H52FN6O8P/c1-2-3-4-5-6-7-8-9-10-11-12-13-14-15-16-30(50-23-28-19-27(22-40)20-29(39)21-28)24-51-54(48,49)53-36-37(25-41)38(36,47)34(46)33(52-37)31-17-18-32-35(42)43-26-44-45(31)32/h17-21,26,30,33-34,36,46-47H,2-16,23-24H2,1H3,(H,48,49)(H2,42,43,44)/t30-,33-,34-,36?,37+,38+/m0/s1. The maximum Gasteiger partial charge on any atom is 0.472 e. The molecule has 14 nitrogen and oxygen atoms in total. The number of ether oxygens (including phenoxy) is 2. The van der Waals surface area contributed by atoms with Crippen LogP contribution < -0.4 is 5.73 Å². The minimum Gasteiger partial charge on any atom is -0.387 e. The first-order valence-electron chi connectivity index (χ1n) is 19.0. The zero-order chi connectivity index (χ0) is 38.8. The number of nitriles is 2. The number of unbranched alkanes of at least 4 members (excludes halogenated alkanes) is 13. The Hall–Kier alpha value is -3.50. The van der Waals surface area contributed by atoms with Crippen LogP contribution in [-0.2, 0) is 29.7 Å². The maximum atomic E-state index is 14.1. The van der Waals surface area contributed by atoms with Crippen LogP contribution in [-0.4, -0.2) is 65.8 Å².